The largest absolute Gasteiger partial charge is 0.323 e. The van der Waals surface area contributed by atoms with E-state index >= 15 is 0 Å². The first-order valence-corrected chi connectivity index (χ1v) is 6.56. The molecule has 0 fully saturated rings. The topological polar surface area (TPSA) is 105 Å². The molecule has 0 aliphatic heterocycles. The Labute approximate surface area is 112 Å². The van der Waals surface area contributed by atoms with Crippen molar-refractivity contribution in [3.05, 3.63) is 35.6 Å². The van der Waals surface area contributed by atoms with E-state index in [-0.39, 0.29) is 21.6 Å². The van der Waals surface area contributed by atoms with Crippen LogP contribution in [0.15, 0.2) is 29.4 Å². The number of hydrogen-bond acceptors (Lipinski definition) is 6. The second-order valence-electron chi connectivity index (χ2n) is 3.32. The van der Waals surface area contributed by atoms with Crippen molar-refractivity contribution < 1.29 is 17.4 Å². The summed E-state index contributed by atoms with van der Waals surface area (Å²) in [7, 11) is -4.37. The van der Waals surface area contributed by atoms with Crippen molar-refractivity contribution in [1.29, 1.82) is 0 Å². The number of anilines is 2. The maximum Gasteiger partial charge on any atom is 0.313 e. The molecule has 0 saturated heterocycles. The maximum absolute atomic E-state index is 12.8. The third kappa shape index (κ3) is 3.34. The number of benzene rings is 1. The molecule has 100 valence electrons. The molecule has 0 radical (unpaired) electrons. The van der Waals surface area contributed by atoms with Crippen LogP contribution in [0.5, 0.6) is 0 Å². The lowest BCUT2D eigenvalue weighted by Gasteiger charge is -2.07. The van der Waals surface area contributed by atoms with E-state index in [4.69, 9.17) is 16.2 Å². The molecule has 2 aromatic rings. The van der Waals surface area contributed by atoms with Gasteiger partial charge in [-0.2, -0.15) is 22.8 Å². The minimum Gasteiger partial charge on any atom is -0.323 e. The number of aromatic nitrogens is 3. The SMILES string of the molecule is O=S(=O)(O)c1ccc(Cl)c(Nc2ncnc(F)n2)c1. The van der Waals surface area contributed by atoms with Gasteiger partial charge >= 0.3 is 6.08 Å². The van der Waals surface area contributed by atoms with Crippen LogP contribution in [0.2, 0.25) is 5.02 Å². The summed E-state index contributed by atoms with van der Waals surface area (Å²) in [4.78, 5) is 9.75. The zero-order chi connectivity index (χ0) is 14.0. The average Bonchev–Trinajstić information content (AvgIpc) is 2.30. The second-order valence-corrected chi connectivity index (χ2v) is 5.15. The molecule has 1 aromatic carbocycles. The molecule has 1 heterocycles. The molecular weight excluding hydrogens is 299 g/mol. The highest BCUT2D eigenvalue weighted by Crippen LogP contribution is 2.26. The van der Waals surface area contributed by atoms with Crippen molar-refractivity contribution in [3.8, 4) is 0 Å². The molecule has 1 aromatic heterocycles. The van der Waals surface area contributed by atoms with Crippen molar-refractivity contribution in [2.24, 2.45) is 0 Å². The molecule has 2 rings (SSSR count). The Morgan fingerprint density at radius 1 is 1.32 bits per heavy atom. The third-order valence-electron chi connectivity index (χ3n) is 2.02. The lowest BCUT2D eigenvalue weighted by molar-refractivity contribution is 0.483. The molecule has 0 amide bonds. The van der Waals surface area contributed by atoms with Crippen molar-refractivity contribution >= 4 is 33.4 Å². The fourth-order valence-corrected chi connectivity index (χ4v) is 1.89. The normalized spacial score (nSPS) is 11.3. The van der Waals surface area contributed by atoms with E-state index in [0.717, 1.165) is 18.5 Å². The van der Waals surface area contributed by atoms with Crippen molar-refractivity contribution in [3.63, 3.8) is 0 Å². The zero-order valence-corrected chi connectivity index (χ0v) is 10.7. The van der Waals surface area contributed by atoms with E-state index in [1.165, 1.54) is 6.07 Å². The standard InChI is InChI=1S/C9H6ClFN4O3S/c10-6-2-1-5(19(16,17)18)3-7(6)14-9-13-4-12-8(11)15-9/h1-4H,(H,16,17,18)(H,12,13,14,15). The van der Waals surface area contributed by atoms with Gasteiger partial charge in [-0.05, 0) is 18.2 Å². The highest BCUT2D eigenvalue weighted by atomic mass is 35.5. The smallest absolute Gasteiger partial charge is 0.313 e. The van der Waals surface area contributed by atoms with Gasteiger partial charge in [0.1, 0.15) is 6.33 Å². The predicted octanol–water partition coefficient (Wildman–Crippen LogP) is 1.65. The Bertz CT molecular complexity index is 725. The third-order valence-corrected chi connectivity index (χ3v) is 3.20. The van der Waals surface area contributed by atoms with E-state index in [1.54, 1.807) is 0 Å². The van der Waals surface area contributed by atoms with Gasteiger partial charge in [0.25, 0.3) is 10.1 Å². The highest BCUT2D eigenvalue weighted by Gasteiger charge is 2.13. The van der Waals surface area contributed by atoms with Gasteiger partial charge < -0.3 is 5.32 Å². The minimum absolute atomic E-state index is 0.0994. The zero-order valence-electron chi connectivity index (χ0n) is 9.08. The number of rotatable bonds is 3. The van der Waals surface area contributed by atoms with Gasteiger partial charge in [0.15, 0.2) is 0 Å². The average molecular weight is 305 g/mol. The Morgan fingerprint density at radius 3 is 2.68 bits per heavy atom. The second kappa shape index (κ2) is 5.03. The Balaban J connectivity index is 2.40. The van der Waals surface area contributed by atoms with Crippen molar-refractivity contribution in [2.75, 3.05) is 5.32 Å². The predicted molar refractivity (Wildman–Crippen MR) is 64.3 cm³/mol. The molecule has 7 nitrogen and oxygen atoms in total. The molecule has 19 heavy (non-hydrogen) atoms. The molecule has 0 spiro atoms. The number of halogens is 2. The fourth-order valence-electron chi connectivity index (χ4n) is 1.22. The Morgan fingerprint density at radius 2 is 2.05 bits per heavy atom. The van der Waals surface area contributed by atoms with Crippen LogP contribution in [-0.4, -0.2) is 27.9 Å². The summed E-state index contributed by atoms with van der Waals surface area (Å²) in [5.41, 5.74) is 0.0994. The molecule has 2 N–H and O–H groups in total. The number of nitrogens with zero attached hydrogens (tertiary/aromatic N) is 3. The van der Waals surface area contributed by atoms with Crippen molar-refractivity contribution in [1.82, 2.24) is 15.0 Å². The number of hydrogen-bond donors (Lipinski definition) is 2. The van der Waals surface area contributed by atoms with Crippen LogP contribution in [0.25, 0.3) is 0 Å². The summed E-state index contributed by atoms with van der Waals surface area (Å²) >= 11 is 5.83. The van der Waals surface area contributed by atoms with E-state index < -0.39 is 16.2 Å². The van der Waals surface area contributed by atoms with Gasteiger partial charge in [-0.3, -0.25) is 4.55 Å². The minimum atomic E-state index is -4.37. The Hall–Kier alpha value is -1.84. The van der Waals surface area contributed by atoms with Crippen LogP contribution >= 0.6 is 11.6 Å². The first-order valence-electron chi connectivity index (χ1n) is 4.75. The van der Waals surface area contributed by atoms with Gasteiger partial charge in [0.2, 0.25) is 5.95 Å². The summed E-state index contributed by atoms with van der Waals surface area (Å²) in [6.45, 7) is 0. The molecule has 0 bridgehead atoms. The molecule has 0 unspecified atom stereocenters. The van der Waals surface area contributed by atoms with Crippen LogP contribution in [0.1, 0.15) is 0 Å². The monoisotopic (exact) mass is 304 g/mol. The highest BCUT2D eigenvalue weighted by molar-refractivity contribution is 7.85. The summed E-state index contributed by atoms with van der Waals surface area (Å²) < 4.78 is 43.7. The van der Waals surface area contributed by atoms with Crippen LogP contribution < -0.4 is 5.32 Å². The van der Waals surface area contributed by atoms with Gasteiger partial charge in [-0.15, -0.1) is 0 Å². The van der Waals surface area contributed by atoms with Crippen LogP contribution in [0.4, 0.5) is 16.0 Å². The maximum atomic E-state index is 12.8. The molecule has 0 aliphatic carbocycles. The van der Waals surface area contributed by atoms with Crippen LogP contribution in [-0.2, 0) is 10.1 Å². The molecule has 10 heteroatoms. The van der Waals surface area contributed by atoms with E-state index in [9.17, 15) is 12.8 Å². The van der Waals surface area contributed by atoms with E-state index in [1.807, 2.05) is 0 Å². The molecule has 0 saturated carbocycles. The van der Waals surface area contributed by atoms with Gasteiger partial charge in [0.05, 0.1) is 15.6 Å². The first-order chi connectivity index (χ1) is 8.86. The summed E-state index contributed by atoms with van der Waals surface area (Å²) in [6, 6.07) is 3.45. The summed E-state index contributed by atoms with van der Waals surface area (Å²) in [5, 5.41) is 2.66. The number of nitrogens with one attached hydrogen (secondary N) is 1. The summed E-state index contributed by atoms with van der Waals surface area (Å²) in [6.07, 6.45) is -0.0647. The van der Waals surface area contributed by atoms with Crippen LogP contribution in [0.3, 0.4) is 0 Å². The van der Waals surface area contributed by atoms with Gasteiger partial charge in [-0.25, -0.2) is 4.98 Å². The lowest BCUT2D eigenvalue weighted by atomic mass is 10.3. The van der Waals surface area contributed by atoms with E-state index in [0.29, 0.717) is 0 Å². The molecule has 0 atom stereocenters. The lowest BCUT2D eigenvalue weighted by Crippen LogP contribution is -2.03. The molecule has 0 aliphatic rings. The van der Waals surface area contributed by atoms with Crippen molar-refractivity contribution in [2.45, 2.75) is 4.90 Å². The first kappa shape index (κ1) is 13.6. The van der Waals surface area contributed by atoms with Gasteiger partial charge in [0, 0.05) is 0 Å². The Kier molecular flexibility index (Phi) is 3.60. The van der Waals surface area contributed by atoms with Crippen LogP contribution in [0, 0.1) is 6.08 Å². The quantitative estimate of drug-likeness (QED) is 0.831. The fraction of sp³-hybridized carbons (Fsp3) is 0. The molecular formula is C9H6ClFN4O3S. The van der Waals surface area contributed by atoms with E-state index in [2.05, 4.69) is 20.3 Å². The summed E-state index contributed by atoms with van der Waals surface area (Å²) in [5.74, 6) is -0.151. The van der Waals surface area contributed by atoms with Gasteiger partial charge in [-0.1, -0.05) is 11.6 Å².